The molecule has 18 heavy (non-hydrogen) atoms. The number of carbonyl (C=O) groups is 1. The summed E-state index contributed by atoms with van der Waals surface area (Å²) in [4.78, 5) is 14.2. The molecule has 3 N–H and O–H groups in total. The maximum atomic E-state index is 12.0. The lowest BCUT2D eigenvalue weighted by Crippen LogP contribution is -2.32. The predicted molar refractivity (Wildman–Crippen MR) is 55.1 cm³/mol. The SMILES string of the molecule is NC(Cc1cccnc1OCC(F)(F)F)C(=O)O. The molecule has 0 fully saturated rings. The summed E-state index contributed by atoms with van der Waals surface area (Å²) in [6.07, 6.45) is -3.39. The number of alkyl halides is 3. The predicted octanol–water partition coefficient (Wildman–Crippen LogP) is 0.977. The average molecular weight is 264 g/mol. The highest BCUT2D eigenvalue weighted by molar-refractivity contribution is 5.73. The van der Waals surface area contributed by atoms with E-state index >= 15 is 0 Å². The van der Waals surface area contributed by atoms with Crippen LogP contribution in [0.3, 0.4) is 0 Å². The number of hydrogen-bond donors (Lipinski definition) is 2. The molecule has 5 nitrogen and oxygen atoms in total. The molecule has 0 bridgehead atoms. The zero-order chi connectivity index (χ0) is 13.8. The lowest BCUT2D eigenvalue weighted by Gasteiger charge is -2.13. The molecule has 0 aliphatic heterocycles. The van der Waals surface area contributed by atoms with Gasteiger partial charge in [-0.05, 0) is 6.07 Å². The molecule has 1 heterocycles. The van der Waals surface area contributed by atoms with Gasteiger partial charge in [-0.1, -0.05) is 6.07 Å². The van der Waals surface area contributed by atoms with Crippen molar-refractivity contribution in [2.75, 3.05) is 6.61 Å². The number of ether oxygens (including phenoxy) is 1. The van der Waals surface area contributed by atoms with Crippen LogP contribution in [0.5, 0.6) is 5.88 Å². The standard InChI is InChI=1S/C10H11F3N2O3/c11-10(12,13)5-18-8-6(2-1-3-15-8)4-7(14)9(16)17/h1-3,7H,4-5,14H2,(H,16,17). The third kappa shape index (κ3) is 4.58. The van der Waals surface area contributed by atoms with Gasteiger partial charge in [0.25, 0.3) is 0 Å². The first-order valence-corrected chi connectivity index (χ1v) is 4.91. The lowest BCUT2D eigenvalue weighted by atomic mass is 10.1. The third-order valence-electron chi connectivity index (χ3n) is 1.98. The number of nitrogens with two attached hydrogens (primary N) is 1. The summed E-state index contributed by atoms with van der Waals surface area (Å²) in [6, 6.07) is 1.66. The number of hydrogen-bond acceptors (Lipinski definition) is 4. The van der Waals surface area contributed by atoms with E-state index in [0.29, 0.717) is 0 Å². The molecule has 1 aromatic rings. The van der Waals surface area contributed by atoms with Gasteiger partial charge in [0.15, 0.2) is 6.61 Å². The molecule has 1 unspecified atom stereocenters. The van der Waals surface area contributed by atoms with Crippen molar-refractivity contribution in [3.8, 4) is 5.88 Å². The molecule has 0 amide bonds. The molecule has 0 spiro atoms. The summed E-state index contributed by atoms with van der Waals surface area (Å²) in [6.45, 7) is -1.49. The third-order valence-corrected chi connectivity index (χ3v) is 1.98. The molecule has 0 saturated carbocycles. The van der Waals surface area contributed by atoms with Crippen LogP contribution in [0, 0.1) is 0 Å². The van der Waals surface area contributed by atoms with Gasteiger partial charge in [0.1, 0.15) is 6.04 Å². The molecule has 1 atom stereocenters. The van der Waals surface area contributed by atoms with Gasteiger partial charge in [-0.3, -0.25) is 4.79 Å². The summed E-state index contributed by atoms with van der Waals surface area (Å²) >= 11 is 0. The summed E-state index contributed by atoms with van der Waals surface area (Å²) in [5.74, 6) is -1.51. The zero-order valence-electron chi connectivity index (χ0n) is 9.15. The number of aliphatic carboxylic acids is 1. The van der Waals surface area contributed by atoms with Gasteiger partial charge < -0.3 is 15.6 Å². The number of halogens is 3. The van der Waals surface area contributed by atoms with Crippen molar-refractivity contribution in [1.29, 1.82) is 0 Å². The molecule has 0 aromatic carbocycles. The normalized spacial score (nSPS) is 13.1. The second kappa shape index (κ2) is 5.67. The fraction of sp³-hybridized carbons (Fsp3) is 0.400. The second-order valence-electron chi connectivity index (χ2n) is 3.52. The first-order valence-electron chi connectivity index (χ1n) is 4.91. The molecule has 1 aromatic heterocycles. The number of aromatic nitrogens is 1. The van der Waals surface area contributed by atoms with Gasteiger partial charge in [0.2, 0.25) is 5.88 Å². The minimum Gasteiger partial charge on any atom is -0.480 e. The van der Waals surface area contributed by atoms with E-state index in [2.05, 4.69) is 9.72 Å². The highest BCUT2D eigenvalue weighted by Gasteiger charge is 2.29. The van der Waals surface area contributed by atoms with E-state index in [1.165, 1.54) is 18.3 Å². The van der Waals surface area contributed by atoms with Crippen LogP contribution in [0.4, 0.5) is 13.2 Å². The van der Waals surface area contributed by atoms with Crippen molar-refractivity contribution in [3.63, 3.8) is 0 Å². The topological polar surface area (TPSA) is 85.4 Å². The Morgan fingerprint density at radius 1 is 1.56 bits per heavy atom. The molecular weight excluding hydrogens is 253 g/mol. The fourth-order valence-electron chi connectivity index (χ4n) is 1.18. The van der Waals surface area contributed by atoms with Crippen molar-refractivity contribution < 1.29 is 27.8 Å². The maximum absolute atomic E-state index is 12.0. The van der Waals surface area contributed by atoms with Crippen LogP contribution in [0.15, 0.2) is 18.3 Å². The van der Waals surface area contributed by atoms with Crippen molar-refractivity contribution in [2.24, 2.45) is 5.73 Å². The largest absolute Gasteiger partial charge is 0.480 e. The highest BCUT2D eigenvalue weighted by Crippen LogP contribution is 2.20. The Labute approximate surface area is 100 Å². The number of nitrogens with zero attached hydrogens (tertiary/aromatic N) is 1. The molecule has 0 saturated heterocycles. The first-order chi connectivity index (χ1) is 8.29. The van der Waals surface area contributed by atoms with Crippen LogP contribution in [0.2, 0.25) is 0 Å². The number of pyridine rings is 1. The monoisotopic (exact) mass is 264 g/mol. The van der Waals surface area contributed by atoms with Crippen molar-refractivity contribution in [2.45, 2.75) is 18.6 Å². The van der Waals surface area contributed by atoms with Crippen LogP contribution >= 0.6 is 0 Å². The van der Waals surface area contributed by atoms with E-state index in [9.17, 15) is 18.0 Å². The first kappa shape index (κ1) is 14.2. The molecule has 100 valence electrons. The van der Waals surface area contributed by atoms with Crippen LogP contribution in [0.25, 0.3) is 0 Å². The van der Waals surface area contributed by atoms with Crippen LogP contribution in [0.1, 0.15) is 5.56 Å². The van der Waals surface area contributed by atoms with Crippen LogP contribution < -0.4 is 10.5 Å². The highest BCUT2D eigenvalue weighted by atomic mass is 19.4. The van der Waals surface area contributed by atoms with E-state index in [1.807, 2.05) is 0 Å². The van der Waals surface area contributed by atoms with Crippen molar-refractivity contribution >= 4 is 5.97 Å². The Morgan fingerprint density at radius 2 is 2.22 bits per heavy atom. The van der Waals surface area contributed by atoms with Gasteiger partial charge in [-0.15, -0.1) is 0 Å². The van der Waals surface area contributed by atoms with Crippen molar-refractivity contribution in [3.05, 3.63) is 23.9 Å². The van der Waals surface area contributed by atoms with E-state index in [-0.39, 0.29) is 17.9 Å². The Balaban J connectivity index is 2.76. The van der Waals surface area contributed by atoms with Crippen molar-refractivity contribution in [1.82, 2.24) is 4.98 Å². The van der Waals surface area contributed by atoms with Gasteiger partial charge in [0.05, 0.1) is 0 Å². The Morgan fingerprint density at radius 3 is 2.78 bits per heavy atom. The molecule has 0 aliphatic carbocycles. The summed E-state index contributed by atoms with van der Waals surface area (Å²) in [5, 5.41) is 8.63. The fourth-order valence-corrected chi connectivity index (χ4v) is 1.18. The summed E-state index contributed by atoms with van der Waals surface area (Å²) in [7, 11) is 0. The van der Waals surface area contributed by atoms with Crippen LogP contribution in [-0.2, 0) is 11.2 Å². The lowest BCUT2D eigenvalue weighted by molar-refractivity contribution is -0.154. The molecular formula is C10H11F3N2O3. The quantitative estimate of drug-likeness (QED) is 0.827. The van der Waals surface area contributed by atoms with Gasteiger partial charge in [-0.25, -0.2) is 4.98 Å². The van der Waals surface area contributed by atoms with Gasteiger partial charge >= 0.3 is 12.1 Å². The van der Waals surface area contributed by atoms with Crippen LogP contribution in [-0.4, -0.2) is 34.9 Å². The Hall–Kier alpha value is -1.83. The molecule has 8 heteroatoms. The Kier molecular flexibility index (Phi) is 4.49. The number of rotatable bonds is 5. The van der Waals surface area contributed by atoms with E-state index < -0.39 is 24.8 Å². The average Bonchev–Trinajstić information content (AvgIpc) is 2.26. The second-order valence-corrected chi connectivity index (χ2v) is 3.52. The Bertz CT molecular complexity index is 423. The smallest absolute Gasteiger partial charge is 0.422 e. The number of carboxylic acids is 1. The van der Waals surface area contributed by atoms with Gasteiger partial charge in [0, 0.05) is 18.2 Å². The maximum Gasteiger partial charge on any atom is 0.422 e. The van der Waals surface area contributed by atoms with Gasteiger partial charge in [-0.2, -0.15) is 13.2 Å². The summed E-state index contributed by atoms with van der Waals surface area (Å²) < 4.78 is 40.5. The minimum atomic E-state index is -4.48. The van der Waals surface area contributed by atoms with E-state index in [0.717, 1.165) is 0 Å². The minimum absolute atomic E-state index is 0.156. The molecule has 0 aliphatic rings. The van der Waals surface area contributed by atoms with E-state index in [1.54, 1.807) is 0 Å². The number of carboxylic acid groups (broad SMARTS) is 1. The molecule has 1 rings (SSSR count). The summed E-state index contributed by atoms with van der Waals surface area (Å²) in [5.41, 5.74) is 5.51. The van der Waals surface area contributed by atoms with E-state index in [4.69, 9.17) is 10.8 Å². The zero-order valence-corrected chi connectivity index (χ0v) is 9.15. The molecule has 0 radical (unpaired) electrons.